The number of amides is 2. The summed E-state index contributed by atoms with van der Waals surface area (Å²) in [5.74, 6) is -0.334. The van der Waals surface area contributed by atoms with Crippen LogP contribution in [0.25, 0.3) is 0 Å². The topological polar surface area (TPSA) is 50.8 Å². The number of ether oxygens (including phenoxy) is 2. The number of nitrogens with zero attached hydrogens (tertiary/aromatic N) is 1. The Kier molecular flexibility index (Phi) is 3.35. The van der Waals surface area contributed by atoms with Crippen LogP contribution in [0.3, 0.4) is 0 Å². The number of carbonyl (C=O) groups excluding carboxylic acids is 1. The fraction of sp³-hybridized carbons (Fsp3) is 0.909. The van der Waals surface area contributed by atoms with Gasteiger partial charge in [-0.05, 0) is 12.8 Å². The first-order valence-electron chi connectivity index (χ1n) is 5.87. The molecule has 1 aliphatic carbocycles. The predicted octanol–water partition coefficient (Wildman–Crippen LogP) is 0.943. The van der Waals surface area contributed by atoms with Gasteiger partial charge in [-0.2, -0.15) is 0 Å². The van der Waals surface area contributed by atoms with Crippen molar-refractivity contribution in [3.8, 4) is 0 Å². The molecule has 0 atom stereocenters. The highest BCUT2D eigenvalue weighted by molar-refractivity contribution is 5.73. The largest absolute Gasteiger partial charge is 0.348 e. The van der Waals surface area contributed by atoms with Crippen molar-refractivity contribution in [2.75, 3.05) is 27.3 Å². The van der Waals surface area contributed by atoms with Gasteiger partial charge in [-0.25, -0.2) is 4.79 Å². The average Bonchev–Trinajstić information content (AvgIpc) is 2.70. The highest BCUT2D eigenvalue weighted by atomic mass is 16.7. The van der Waals surface area contributed by atoms with E-state index in [1.165, 1.54) is 0 Å². The molecule has 1 saturated carbocycles. The van der Waals surface area contributed by atoms with E-state index in [2.05, 4.69) is 5.32 Å². The summed E-state index contributed by atoms with van der Waals surface area (Å²) in [5, 5.41) is 3.00. The molecule has 5 nitrogen and oxygen atoms in total. The Morgan fingerprint density at radius 2 is 1.81 bits per heavy atom. The van der Waals surface area contributed by atoms with Gasteiger partial charge < -0.3 is 19.7 Å². The standard InChI is InChI=1S/C11H20N2O3/c1-13(2)10(14)12-9-3-5-11(6-4-9)15-7-8-16-11/h9H,3-8H2,1-2H3,(H,12,14). The number of nitrogens with one attached hydrogen (secondary N) is 1. The van der Waals surface area contributed by atoms with Crippen LogP contribution in [-0.2, 0) is 9.47 Å². The van der Waals surface area contributed by atoms with Crippen molar-refractivity contribution in [1.82, 2.24) is 10.2 Å². The van der Waals surface area contributed by atoms with Gasteiger partial charge in [0.25, 0.3) is 0 Å². The third-order valence-corrected chi connectivity index (χ3v) is 3.29. The Hall–Kier alpha value is -0.810. The number of hydrogen-bond donors (Lipinski definition) is 1. The third kappa shape index (κ3) is 2.47. The fourth-order valence-electron chi connectivity index (χ4n) is 2.29. The van der Waals surface area contributed by atoms with Crippen LogP contribution < -0.4 is 5.32 Å². The number of urea groups is 1. The summed E-state index contributed by atoms with van der Waals surface area (Å²) in [6.07, 6.45) is 3.62. The summed E-state index contributed by atoms with van der Waals surface area (Å²) in [6.45, 7) is 1.41. The lowest BCUT2D eigenvalue weighted by molar-refractivity contribution is -0.179. The highest BCUT2D eigenvalue weighted by Crippen LogP contribution is 2.35. The zero-order chi connectivity index (χ0) is 11.6. The van der Waals surface area contributed by atoms with E-state index in [9.17, 15) is 4.79 Å². The van der Waals surface area contributed by atoms with E-state index in [1.54, 1.807) is 19.0 Å². The molecule has 2 rings (SSSR count). The van der Waals surface area contributed by atoms with Crippen LogP contribution in [0.1, 0.15) is 25.7 Å². The summed E-state index contributed by atoms with van der Waals surface area (Å²) in [7, 11) is 3.51. The van der Waals surface area contributed by atoms with Crippen LogP contribution in [0.2, 0.25) is 0 Å². The first-order chi connectivity index (χ1) is 7.61. The van der Waals surface area contributed by atoms with Gasteiger partial charge in [0.15, 0.2) is 5.79 Å². The maximum absolute atomic E-state index is 11.5. The van der Waals surface area contributed by atoms with Gasteiger partial charge in [-0.15, -0.1) is 0 Å². The minimum atomic E-state index is -0.334. The Balaban J connectivity index is 1.79. The van der Waals surface area contributed by atoms with E-state index < -0.39 is 0 Å². The second-order valence-electron chi connectivity index (χ2n) is 4.73. The number of carbonyl (C=O) groups is 1. The second kappa shape index (κ2) is 4.59. The van der Waals surface area contributed by atoms with Crippen LogP contribution >= 0.6 is 0 Å². The molecule has 0 bridgehead atoms. The fourth-order valence-corrected chi connectivity index (χ4v) is 2.29. The molecule has 1 aliphatic heterocycles. The summed E-state index contributed by atoms with van der Waals surface area (Å²) < 4.78 is 11.3. The van der Waals surface area contributed by atoms with Gasteiger partial charge in [0, 0.05) is 33.0 Å². The van der Waals surface area contributed by atoms with Gasteiger partial charge in [-0.1, -0.05) is 0 Å². The number of hydrogen-bond acceptors (Lipinski definition) is 3. The second-order valence-corrected chi connectivity index (χ2v) is 4.73. The summed E-state index contributed by atoms with van der Waals surface area (Å²) >= 11 is 0. The third-order valence-electron chi connectivity index (χ3n) is 3.29. The predicted molar refractivity (Wildman–Crippen MR) is 59.1 cm³/mol. The Morgan fingerprint density at radius 1 is 1.25 bits per heavy atom. The quantitative estimate of drug-likeness (QED) is 0.726. The Bertz CT molecular complexity index is 252. The van der Waals surface area contributed by atoms with E-state index in [4.69, 9.17) is 9.47 Å². The van der Waals surface area contributed by atoms with Crippen molar-refractivity contribution < 1.29 is 14.3 Å². The first kappa shape index (κ1) is 11.7. The van der Waals surface area contributed by atoms with Gasteiger partial charge in [-0.3, -0.25) is 0 Å². The molecule has 5 heteroatoms. The smallest absolute Gasteiger partial charge is 0.317 e. The Morgan fingerprint density at radius 3 is 2.31 bits per heavy atom. The highest BCUT2D eigenvalue weighted by Gasteiger charge is 2.40. The van der Waals surface area contributed by atoms with Crippen molar-refractivity contribution in [3.63, 3.8) is 0 Å². The minimum Gasteiger partial charge on any atom is -0.348 e. The molecule has 0 aromatic heterocycles. The van der Waals surface area contributed by atoms with Crippen molar-refractivity contribution >= 4 is 6.03 Å². The van der Waals surface area contributed by atoms with E-state index in [1.807, 2.05) is 0 Å². The van der Waals surface area contributed by atoms with Crippen LogP contribution in [0.4, 0.5) is 4.79 Å². The van der Waals surface area contributed by atoms with Crippen molar-refractivity contribution in [2.24, 2.45) is 0 Å². The molecule has 2 amide bonds. The Labute approximate surface area is 96.1 Å². The molecular weight excluding hydrogens is 208 g/mol. The van der Waals surface area contributed by atoms with Crippen molar-refractivity contribution in [3.05, 3.63) is 0 Å². The molecule has 1 N–H and O–H groups in total. The monoisotopic (exact) mass is 228 g/mol. The molecule has 16 heavy (non-hydrogen) atoms. The van der Waals surface area contributed by atoms with Crippen LogP contribution in [0, 0.1) is 0 Å². The zero-order valence-corrected chi connectivity index (χ0v) is 9.99. The normalized spacial score (nSPS) is 24.6. The summed E-state index contributed by atoms with van der Waals surface area (Å²) in [6, 6.07) is 0.238. The van der Waals surface area contributed by atoms with Crippen molar-refractivity contribution in [1.29, 1.82) is 0 Å². The maximum Gasteiger partial charge on any atom is 0.317 e. The van der Waals surface area contributed by atoms with Crippen molar-refractivity contribution in [2.45, 2.75) is 37.5 Å². The molecular formula is C11H20N2O3. The van der Waals surface area contributed by atoms with Gasteiger partial charge in [0.1, 0.15) is 0 Å². The maximum atomic E-state index is 11.5. The first-order valence-corrected chi connectivity index (χ1v) is 5.87. The molecule has 0 unspecified atom stereocenters. The molecule has 2 fully saturated rings. The minimum absolute atomic E-state index is 0.0193. The summed E-state index contributed by atoms with van der Waals surface area (Å²) in [4.78, 5) is 13.0. The van der Waals surface area contributed by atoms with Gasteiger partial charge in [0.2, 0.25) is 0 Å². The molecule has 0 aromatic carbocycles. The SMILES string of the molecule is CN(C)C(=O)NC1CCC2(CC1)OCCO2. The van der Waals surface area contributed by atoms with Crippen LogP contribution in [-0.4, -0.2) is 50.1 Å². The molecule has 1 heterocycles. The molecule has 92 valence electrons. The zero-order valence-electron chi connectivity index (χ0n) is 9.99. The van der Waals surface area contributed by atoms with Crippen LogP contribution in [0.5, 0.6) is 0 Å². The van der Waals surface area contributed by atoms with Gasteiger partial charge in [0.05, 0.1) is 13.2 Å². The molecule has 1 spiro atoms. The van der Waals surface area contributed by atoms with E-state index in [0.717, 1.165) is 25.7 Å². The lowest BCUT2D eigenvalue weighted by Crippen LogP contribution is -2.46. The molecule has 2 aliphatic rings. The summed E-state index contributed by atoms with van der Waals surface area (Å²) in [5.41, 5.74) is 0. The molecule has 0 aromatic rings. The number of rotatable bonds is 1. The lowest BCUT2D eigenvalue weighted by Gasteiger charge is -2.35. The molecule has 0 radical (unpaired) electrons. The van der Waals surface area contributed by atoms with Crippen LogP contribution in [0.15, 0.2) is 0 Å². The van der Waals surface area contributed by atoms with Gasteiger partial charge >= 0.3 is 6.03 Å². The van der Waals surface area contributed by atoms with E-state index in [0.29, 0.717) is 13.2 Å². The lowest BCUT2D eigenvalue weighted by atomic mass is 9.90. The average molecular weight is 228 g/mol. The van der Waals surface area contributed by atoms with E-state index >= 15 is 0 Å². The molecule has 1 saturated heterocycles. The van der Waals surface area contributed by atoms with E-state index in [-0.39, 0.29) is 17.9 Å².